The first-order chi connectivity index (χ1) is 5.57. The molecule has 0 bridgehead atoms. The minimum Gasteiger partial charge on any atom is -0.411 e. The Labute approximate surface area is 74.1 Å². The summed E-state index contributed by atoms with van der Waals surface area (Å²) in [6.07, 6.45) is 1.10. The van der Waals surface area contributed by atoms with Gasteiger partial charge in [-0.2, -0.15) is 5.10 Å². The Morgan fingerprint density at radius 1 is 1.83 bits per heavy atom. The van der Waals surface area contributed by atoms with Gasteiger partial charge in [0.25, 0.3) is 0 Å². The Bertz CT molecular complexity index is 213. The summed E-state index contributed by atoms with van der Waals surface area (Å²) in [5.41, 5.74) is 6.75. The highest BCUT2D eigenvalue weighted by molar-refractivity contribution is 6.46. The van der Waals surface area contributed by atoms with Crippen molar-refractivity contribution in [3.63, 3.8) is 0 Å². The van der Waals surface area contributed by atoms with Crippen LogP contribution in [0.25, 0.3) is 0 Å². The van der Waals surface area contributed by atoms with E-state index in [4.69, 9.17) is 22.5 Å². The van der Waals surface area contributed by atoms with Gasteiger partial charge >= 0.3 is 6.03 Å². The van der Waals surface area contributed by atoms with Crippen LogP contribution in [0.5, 0.6) is 0 Å². The zero-order valence-corrected chi connectivity index (χ0v) is 7.12. The fraction of sp³-hybridized carbons (Fsp3) is 0.400. The second-order valence-corrected chi connectivity index (χ2v) is 2.53. The van der Waals surface area contributed by atoms with Gasteiger partial charge in [-0.05, 0) is 6.92 Å². The lowest BCUT2D eigenvalue weighted by atomic mass is 10.3. The highest BCUT2D eigenvalue weighted by Gasteiger charge is 2.03. The number of nitrogens with zero attached hydrogens (tertiary/aromatic N) is 2. The van der Waals surface area contributed by atoms with Crippen molar-refractivity contribution in [3.05, 3.63) is 0 Å². The third kappa shape index (κ3) is 4.51. The van der Waals surface area contributed by atoms with Crippen molar-refractivity contribution in [2.75, 3.05) is 0 Å². The maximum atomic E-state index is 10.1. The lowest BCUT2D eigenvalue weighted by Gasteiger charge is -1.97. The summed E-state index contributed by atoms with van der Waals surface area (Å²) in [5, 5.41) is 14.0. The minimum absolute atomic E-state index is 0.130. The molecule has 0 aromatic heterocycles. The van der Waals surface area contributed by atoms with Gasteiger partial charge in [0.15, 0.2) is 0 Å². The second-order valence-electron chi connectivity index (χ2n) is 1.88. The minimum atomic E-state index is -0.800. The number of amides is 2. The molecular formula is C5H9ClN4O2. The van der Waals surface area contributed by atoms with Crippen molar-refractivity contribution in [1.82, 2.24) is 5.43 Å². The van der Waals surface area contributed by atoms with Gasteiger partial charge in [0.05, 0.1) is 11.6 Å². The molecule has 4 N–H and O–H groups in total. The van der Waals surface area contributed by atoms with E-state index in [1.165, 1.54) is 0 Å². The third-order valence-corrected chi connectivity index (χ3v) is 1.12. The van der Waals surface area contributed by atoms with Crippen LogP contribution in [-0.4, -0.2) is 28.5 Å². The summed E-state index contributed by atoms with van der Waals surface area (Å²) >= 11 is 5.53. The highest BCUT2D eigenvalue weighted by atomic mass is 35.5. The fourth-order valence-corrected chi connectivity index (χ4v) is 0.470. The van der Waals surface area contributed by atoms with Crippen LogP contribution in [-0.2, 0) is 0 Å². The number of hydrazone groups is 1. The standard InChI is InChI=1S/C5H9ClN4O2/c1-3(6)4(10-12)2-8-9-5(7)11/h2-3,12H,1H3,(H3,7,9,11)/b8-2+,10-4-. The molecule has 0 aliphatic carbocycles. The zero-order valence-electron chi connectivity index (χ0n) is 6.36. The van der Waals surface area contributed by atoms with Crippen molar-refractivity contribution in [2.24, 2.45) is 16.0 Å². The topological polar surface area (TPSA) is 100 Å². The molecule has 0 aliphatic rings. The normalized spacial score (nSPS) is 14.7. The van der Waals surface area contributed by atoms with Gasteiger partial charge in [0.1, 0.15) is 5.71 Å². The molecule has 0 saturated carbocycles. The number of nitrogens with one attached hydrogen (secondary N) is 1. The molecular weight excluding hydrogens is 184 g/mol. The van der Waals surface area contributed by atoms with Gasteiger partial charge in [-0.25, -0.2) is 10.2 Å². The molecule has 0 fully saturated rings. The van der Waals surface area contributed by atoms with E-state index in [-0.39, 0.29) is 5.71 Å². The zero-order chi connectivity index (χ0) is 9.56. The molecule has 0 heterocycles. The monoisotopic (exact) mass is 192 g/mol. The number of urea groups is 1. The number of carbonyl (C=O) groups excluding carboxylic acids is 1. The average molecular weight is 193 g/mol. The summed E-state index contributed by atoms with van der Waals surface area (Å²) < 4.78 is 0. The van der Waals surface area contributed by atoms with E-state index in [1.807, 2.05) is 5.43 Å². The molecule has 68 valence electrons. The molecule has 0 saturated heterocycles. The van der Waals surface area contributed by atoms with Gasteiger partial charge in [-0.3, -0.25) is 0 Å². The summed E-state index contributed by atoms with van der Waals surface area (Å²) in [5.74, 6) is 0. The molecule has 2 amide bonds. The number of carbonyl (C=O) groups is 1. The number of primary amides is 1. The Kier molecular flexibility index (Phi) is 4.78. The number of hydrogen-bond acceptors (Lipinski definition) is 4. The molecule has 0 aromatic rings. The maximum Gasteiger partial charge on any atom is 0.332 e. The second kappa shape index (κ2) is 5.36. The van der Waals surface area contributed by atoms with Crippen LogP contribution >= 0.6 is 11.6 Å². The van der Waals surface area contributed by atoms with Gasteiger partial charge in [-0.15, -0.1) is 11.6 Å². The van der Waals surface area contributed by atoms with Crippen LogP contribution in [0, 0.1) is 0 Å². The molecule has 0 aliphatic heterocycles. The number of nitrogens with two attached hydrogens (primary N) is 1. The Balaban J connectivity index is 4.04. The van der Waals surface area contributed by atoms with E-state index in [2.05, 4.69) is 10.3 Å². The molecule has 1 unspecified atom stereocenters. The molecule has 0 rings (SSSR count). The summed E-state index contributed by atoms with van der Waals surface area (Å²) in [6.45, 7) is 1.59. The molecule has 0 aromatic carbocycles. The van der Waals surface area contributed by atoms with Crippen molar-refractivity contribution >= 4 is 29.6 Å². The molecule has 0 spiro atoms. The van der Waals surface area contributed by atoms with Crippen molar-refractivity contribution < 1.29 is 10.0 Å². The predicted octanol–water partition coefficient (Wildman–Crippen LogP) is 0.0980. The smallest absolute Gasteiger partial charge is 0.332 e. The van der Waals surface area contributed by atoms with Gasteiger partial charge in [0, 0.05) is 0 Å². The Morgan fingerprint density at radius 2 is 2.42 bits per heavy atom. The first-order valence-electron chi connectivity index (χ1n) is 3.02. The van der Waals surface area contributed by atoms with Gasteiger partial charge in [-0.1, -0.05) is 5.16 Å². The van der Waals surface area contributed by atoms with E-state index >= 15 is 0 Å². The SMILES string of the molecule is CC(Cl)C(/C=N/NC(N)=O)=N\O. The number of hydrogen-bond donors (Lipinski definition) is 3. The molecule has 12 heavy (non-hydrogen) atoms. The first-order valence-corrected chi connectivity index (χ1v) is 3.46. The summed E-state index contributed by atoms with van der Waals surface area (Å²) in [7, 11) is 0. The largest absolute Gasteiger partial charge is 0.411 e. The fourth-order valence-electron chi connectivity index (χ4n) is 0.370. The average Bonchev–Trinajstić information content (AvgIpc) is 1.96. The van der Waals surface area contributed by atoms with E-state index in [1.54, 1.807) is 6.92 Å². The van der Waals surface area contributed by atoms with Crippen molar-refractivity contribution in [2.45, 2.75) is 12.3 Å². The summed E-state index contributed by atoms with van der Waals surface area (Å²) in [4.78, 5) is 10.1. The van der Waals surface area contributed by atoms with Gasteiger partial charge < -0.3 is 10.9 Å². The maximum absolute atomic E-state index is 10.1. The highest BCUT2D eigenvalue weighted by Crippen LogP contribution is 1.94. The first kappa shape index (κ1) is 10.7. The number of rotatable bonds is 3. The van der Waals surface area contributed by atoms with Crippen LogP contribution in [0.2, 0.25) is 0 Å². The number of oxime groups is 1. The van der Waals surface area contributed by atoms with E-state index in [9.17, 15) is 4.79 Å². The molecule has 6 nitrogen and oxygen atoms in total. The van der Waals surface area contributed by atoms with E-state index in [0.717, 1.165) is 6.21 Å². The summed E-state index contributed by atoms with van der Waals surface area (Å²) in [6, 6.07) is -0.800. The molecule has 7 heteroatoms. The Morgan fingerprint density at radius 3 is 2.75 bits per heavy atom. The Hall–Kier alpha value is -1.30. The number of alkyl halides is 1. The van der Waals surface area contributed by atoms with Crippen LogP contribution in [0.4, 0.5) is 4.79 Å². The van der Waals surface area contributed by atoms with Crippen molar-refractivity contribution in [1.29, 1.82) is 0 Å². The number of halogens is 1. The van der Waals surface area contributed by atoms with E-state index in [0.29, 0.717) is 0 Å². The predicted molar refractivity (Wildman–Crippen MR) is 45.7 cm³/mol. The molecule has 0 radical (unpaired) electrons. The third-order valence-electron chi connectivity index (χ3n) is 0.895. The van der Waals surface area contributed by atoms with Crippen LogP contribution in [0.15, 0.2) is 10.3 Å². The lowest BCUT2D eigenvalue weighted by molar-refractivity contribution is 0.249. The van der Waals surface area contributed by atoms with Crippen molar-refractivity contribution in [3.8, 4) is 0 Å². The van der Waals surface area contributed by atoms with E-state index < -0.39 is 11.4 Å². The van der Waals surface area contributed by atoms with Crippen LogP contribution < -0.4 is 11.2 Å². The van der Waals surface area contributed by atoms with Gasteiger partial charge in [0.2, 0.25) is 0 Å². The van der Waals surface area contributed by atoms with Crippen LogP contribution in [0.1, 0.15) is 6.92 Å². The lowest BCUT2D eigenvalue weighted by Crippen LogP contribution is -2.25. The molecule has 1 atom stereocenters. The quantitative estimate of drug-likeness (QED) is 0.256. The van der Waals surface area contributed by atoms with Crippen LogP contribution in [0.3, 0.4) is 0 Å².